The Morgan fingerprint density at radius 1 is 1.10 bits per heavy atom. The minimum atomic E-state index is -0.331. The third-order valence-corrected chi connectivity index (χ3v) is 3.21. The zero-order chi connectivity index (χ0) is 14.4. The van der Waals surface area contributed by atoms with Gasteiger partial charge in [0.1, 0.15) is 0 Å². The Morgan fingerprint density at radius 2 is 1.85 bits per heavy atom. The molecule has 0 spiro atoms. The number of hydrogen-bond acceptors (Lipinski definition) is 2. The molecule has 0 aliphatic carbocycles. The van der Waals surface area contributed by atoms with Gasteiger partial charge in [-0.15, -0.1) is 0 Å². The predicted octanol–water partition coefficient (Wildman–Crippen LogP) is 4.04. The highest BCUT2D eigenvalue weighted by molar-refractivity contribution is 5.95. The number of aryl methyl sites for hydroxylation is 1. The van der Waals surface area contributed by atoms with Crippen molar-refractivity contribution in [2.24, 2.45) is 0 Å². The molecule has 3 heteroatoms. The van der Waals surface area contributed by atoms with Crippen molar-refractivity contribution in [2.45, 2.75) is 19.3 Å². The van der Waals surface area contributed by atoms with Crippen LogP contribution in [-0.2, 0) is 6.42 Å². The van der Waals surface area contributed by atoms with Gasteiger partial charge in [0.25, 0.3) is 0 Å². The Morgan fingerprint density at radius 3 is 2.55 bits per heavy atom. The highest BCUT2D eigenvalue weighted by Gasteiger charge is 2.09. The summed E-state index contributed by atoms with van der Waals surface area (Å²) in [5.74, 6) is 0.00736. The van der Waals surface area contributed by atoms with Gasteiger partial charge in [0.2, 0.25) is 0 Å². The van der Waals surface area contributed by atoms with Gasteiger partial charge >= 0.3 is 0 Å². The molecule has 2 nitrogen and oxygen atoms in total. The summed E-state index contributed by atoms with van der Waals surface area (Å²) < 4.78 is 18.9. The molecule has 20 heavy (non-hydrogen) atoms. The van der Waals surface area contributed by atoms with Crippen molar-refractivity contribution >= 4 is 5.78 Å². The van der Waals surface area contributed by atoms with Gasteiger partial charge in [0.15, 0.2) is 17.3 Å². The van der Waals surface area contributed by atoms with E-state index in [1.165, 1.54) is 7.11 Å². The van der Waals surface area contributed by atoms with Crippen molar-refractivity contribution in [3.8, 4) is 5.75 Å². The minimum absolute atomic E-state index is 0.0916. The second kappa shape index (κ2) is 6.85. The van der Waals surface area contributed by atoms with Gasteiger partial charge in [-0.2, -0.15) is 0 Å². The molecule has 0 heterocycles. The summed E-state index contributed by atoms with van der Waals surface area (Å²) in [5.41, 5.74) is 1.30. The van der Waals surface area contributed by atoms with Crippen LogP contribution in [0.5, 0.6) is 5.75 Å². The molecule has 0 saturated heterocycles. The highest BCUT2D eigenvalue weighted by atomic mass is 19.1. The summed E-state index contributed by atoms with van der Waals surface area (Å²) >= 11 is 0. The molecule has 0 N–H and O–H groups in total. The summed E-state index contributed by atoms with van der Waals surface area (Å²) in [5, 5.41) is 0. The quantitative estimate of drug-likeness (QED) is 0.742. The van der Waals surface area contributed by atoms with E-state index in [1.807, 2.05) is 18.2 Å². The van der Waals surface area contributed by atoms with Crippen molar-refractivity contribution in [3.63, 3.8) is 0 Å². The molecular weight excluding hydrogens is 255 g/mol. The van der Waals surface area contributed by atoms with E-state index in [1.54, 1.807) is 30.3 Å². The van der Waals surface area contributed by atoms with Gasteiger partial charge in [-0.3, -0.25) is 4.79 Å². The maximum atomic E-state index is 13.9. The second-order valence-electron chi connectivity index (χ2n) is 4.58. The zero-order valence-corrected chi connectivity index (χ0v) is 11.4. The number of rotatable bonds is 6. The van der Waals surface area contributed by atoms with E-state index in [0.717, 1.165) is 0 Å². The molecule has 104 valence electrons. The average molecular weight is 272 g/mol. The van der Waals surface area contributed by atoms with Crippen LogP contribution in [-0.4, -0.2) is 12.9 Å². The van der Waals surface area contributed by atoms with Gasteiger partial charge in [-0.1, -0.05) is 42.5 Å². The molecule has 0 aromatic heterocycles. The van der Waals surface area contributed by atoms with E-state index in [4.69, 9.17) is 4.74 Å². The Balaban J connectivity index is 1.92. The third-order valence-electron chi connectivity index (χ3n) is 3.21. The normalized spacial score (nSPS) is 10.3. The van der Waals surface area contributed by atoms with Crippen LogP contribution in [0.3, 0.4) is 0 Å². The van der Waals surface area contributed by atoms with Crippen molar-refractivity contribution in [1.82, 2.24) is 0 Å². The van der Waals surface area contributed by atoms with E-state index in [-0.39, 0.29) is 17.3 Å². The largest absolute Gasteiger partial charge is 0.494 e. The monoisotopic (exact) mass is 272 g/mol. The number of Topliss-reactive ketones (excluding diaryl/α,β-unsaturated/α-hetero) is 1. The fraction of sp³-hybridized carbons (Fsp3) is 0.235. The van der Waals surface area contributed by atoms with Crippen LogP contribution in [0, 0.1) is 5.82 Å². The first-order valence-electron chi connectivity index (χ1n) is 6.62. The number of hydrogen-bond donors (Lipinski definition) is 0. The Bertz CT molecular complexity index is 579. The fourth-order valence-corrected chi connectivity index (χ4v) is 2.11. The van der Waals surface area contributed by atoms with E-state index in [2.05, 4.69) is 0 Å². The molecule has 2 rings (SSSR count). The lowest BCUT2D eigenvalue weighted by Crippen LogP contribution is -2.01. The predicted molar refractivity (Wildman–Crippen MR) is 76.7 cm³/mol. The standard InChI is InChI=1S/C17H17FO2/c1-20-16-12-6-10-14(17(16)18)9-5-11-15(19)13-7-3-2-4-8-13/h2-4,6-8,10,12H,5,9,11H2,1H3. The Labute approximate surface area is 118 Å². The van der Waals surface area contributed by atoms with Crippen LogP contribution >= 0.6 is 0 Å². The number of carbonyl (C=O) groups excluding carboxylic acids is 1. The highest BCUT2D eigenvalue weighted by Crippen LogP contribution is 2.21. The van der Waals surface area contributed by atoms with E-state index in [0.29, 0.717) is 30.4 Å². The molecule has 2 aromatic rings. The number of methoxy groups -OCH3 is 1. The molecule has 2 aromatic carbocycles. The molecule has 0 bridgehead atoms. The molecule has 0 unspecified atom stereocenters. The van der Waals surface area contributed by atoms with Crippen LogP contribution in [0.1, 0.15) is 28.8 Å². The average Bonchev–Trinajstić information content (AvgIpc) is 2.49. The van der Waals surface area contributed by atoms with Gasteiger partial charge < -0.3 is 4.74 Å². The van der Waals surface area contributed by atoms with Crippen LogP contribution in [0.4, 0.5) is 4.39 Å². The topological polar surface area (TPSA) is 26.3 Å². The first kappa shape index (κ1) is 14.3. The summed E-state index contributed by atoms with van der Waals surface area (Å²) in [7, 11) is 1.45. The van der Waals surface area contributed by atoms with Crippen molar-refractivity contribution < 1.29 is 13.9 Å². The SMILES string of the molecule is COc1cccc(CCCC(=O)c2ccccc2)c1F. The van der Waals surface area contributed by atoms with Crippen LogP contribution in [0.15, 0.2) is 48.5 Å². The van der Waals surface area contributed by atoms with E-state index in [9.17, 15) is 9.18 Å². The molecule has 0 aliphatic rings. The summed E-state index contributed by atoms with van der Waals surface area (Å²) in [4.78, 5) is 11.9. The number of ether oxygens (including phenoxy) is 1. The van der Waals surface area contributed by atoms with E-state index < -0.39 is 0 Å². The first-order chi connectivity index (χ1) is 9.72. The number of ketones is 1. The molecule has 0 fully saturated rings. The van der Waals surface area contributed by atoms with Gasteiger partial charge in [-0.25, -0.2) is 4.39 Å². The molecule has 0 saturated carbocycles. The molecule has 0 radical (unpaired) electrons. The number of halogens is 1. The second-order valence-corrected chi connectivity index (χ2v) is 4.58. The fourth-order valence-electron chi connectivity index (χ4n) is 2.11. The van der Waals surface area contributed by atoms with Crippen molar-refractivity contribution in [1.29, 1.82) is 0 Å². The summed E-state index contributed by atoms with van der Waals surface area (Å²) in [6.45, 7) is 0. The van der Waals surface area contributed by atoms with Crippen LogP contribution in [0.25, 0.3) is 0 Å². The smallest absolute Gasteiger partial charge is 0.168 e. The lowest BCUT2D eigenvalue weighted by molar-refractivity contribution is 0.0980. The van der Waals surface area contributed by atoms with Gasteiger partial charge in [-0.05, 0) is 24.5 Å². The molecular formula is C17H17FO2. The maximum Gasteiger partial charge on any atom is 0.168 e. The van der Waals surface area contributed by atoms with Crippen LogP contribution < -0.4 is 4.74 Å². The first-order valence-corrected chi connectivity index (χ1v) is 6.62. The summed E-state index contributed by atoms with van der Waals surface area (Å²) in [6.07, 6.45) is 1.57. The van der Waals surface area contributed by atoms with Gasteiger partial charge in [0.05, 0.1) is 7.11 Å². The minimum Gasteiger partial charge on any atom is -0.494 e. The van der Waals surface area contributed by atoms with Crippen LogP contribution in [0.2, 0.25) is 0 Å². The number of carbonyl (C=O) groups is 1. The number of benzene rings is 2. The van der Waals surface area contributed by atoms with Gasteiger partial charge in [0, 0.05) is 12.0 Å². The molecule has 0 aliphatic heterocycles. The Hall–Kier alpha value is -2.16. The third kappa shape index (κ3) is 3.44. The summed E-state index contributed by atoms with van der Waals surface area (Å²) in [6, 6.07) is 14.2. The van der Waals surface area contributed by atoms with Crippen molar-refractivity contribution in [3.05, 3.63) is 65.5 Å². The molecule has 0 atom stereocenters. The lowest BCUT2D eigenvalue weighted by atomic mass is 10.0. The maximum absolute atomic E-state index is 13.9. The van der Waals surface area contributed by atoms with E-state index >= 15 is 0 Å². The molecule has 0 amide bonds. The Kier molecular flexibility index (Phi) is 4.88. The lowest BCUT2D eigenvalue weighted by Gasteiger charge is -2.07. The van der Waals surface area contributed by atoms with Crippen molar-refractivity contribution in [2.75, 3.05) is 7.11 Å². The zero-order valence-electron chi connectivity index (χ0n) is 11.4.